The van der Waals surface area contributed by atoms with Gasteiger partial charge in [0.05, 0.1) is 6.54 Å². The van der Waals surface area contributed by atoms with E-state index in [9.17, 15) is 0 Å². The smallest absolute Gasteiger partial charge is 0.370 e. The molecular weight excluding hydrogens is 186 g/mol. The number of hydrogen-bond donors (Lipinski definition) is 5. The largest absolute Gasteiger partial charge is 0.394 e. The van der Waals surface area contributed by atoms with Gasteiger partial charge >= 0.3 is 10.4 Å². The Kier molecular flexibility index (Phi) is 7.11. The fraction of sp³-hybridized carbons (Fsp3) is 0.250. The normalized spacial score (nSPS) is 8.75. The van der Waals surface area contributed by atoms with Gasteiger partial charge in [0, 0.05) is 0 Å². The Hall–Kier alpha value is -1.30. The third kappa shape index (κ3) is 70.8. The van der Waals surface area contributed by atoms with Crippen LogP contribution in [0, 0.1) is 17.8 Å². The predicted molar refractivity (Wildman–Crippen MR) is 42.9 cm³/mol. The molecule has 0 unspecified atom stereocenters. The first-order valence-electron chi connectivity index (χ1n) is 2.48. The van der Waals surface area contributed by atoms with Gasteiger partial charge in [-0.25, -0.2) is 0 Å². The maximum Gasteiger partial charge on any atom is 0.394 e. The lowest BCUT2D eigenvalue weighted by Gasteiger charge is -1.92. The molecule has 0 spiro atoms. The first-order chi connectivity index (χ1) is 5.27. The van der Waals surface area contributed by atoms with Crippen molar-refractivity contribution in [2.75, 3.05) is 6.54 Å². The van der Waals surface area contributed by atoms with Gasteiger partial charge < -0.3 is 11.1 Å². The molecule has 0 fully saturated rings. The number of terminal acetylenes is 1. The van der Waals surface area contributed by atoms with E-state index in [0.717, 1.165) is 0 Å². The van der Waals surface area contributed by atoms with Gasteiger partial charge in [0.25, 0.3) is 0 Å². The zero-order valence-electron chi connectivity index (χ0n) is 5.98. The molecule has 0 aromatic carbocycles. The van der Waals surface area contributed by atoms with E-state index >= 15 is 0 Å². The highest BCUT2D eigenvalue weighted by atomic mass is 32.3. The Morgan fingerprint density at radius 1 is 1.67 bits per heavy atom. The third-order valence-electron chi connectivity index (χ3n) is 0.381. The van der Waals surface area contributed by atoms with Crippen LogP contribution in [0.25, 0.3) is 0 Å². The van der Waals surface area contributed by atoms with Crippen LogP contribution in [0.1, 0.15) is 0 Å². The maximum atomic E-state index is 8.74. The second-order valence-corrected chi connectivity index (χ2v) is 2.31. The SMILES string of the molecule is C#CCNC(=N)N.O=S(=O)(O)O. The second kappa shape index (κ2) is 6.41. The Morgan fingerprint density at radius 3 is 2.08 bits per heavy atom. The quantitative estimate of drug-likeness (QED) is 0.149. The summed E-state index contributed by atoms with van der Waals surface area (Å²) in [5.41, 5.74) is 4.86. The van der Waals surface area contributed by atoms with Gasteiger partial charge in [0.1, 0.15) is 0 Å². The van der Waals surface area contributed by atoms with Crippen LogP contribution in [0.2, 0.25) is 0 Å². The first kappa shape index (κ1) is 13.3. The molecule has 0 saturated carbocycles. The molecule has 7 nitrogen and oxygen atoms in total. The molecule has 0 aromatic rings. The minimum atomic E-state index is -4.67. The van der Waals surface area contributed by atoms with Crippen molar-refractivity contribution >= 4 is 16.4 Å². The molecular formula is C4H9N3O4S. The predicted octanol–water partition coefficient (Wildman–Crippen LogP) is -1.55. The van der Waals surface area contributed by atoms with Crippen LogP contribution < -0.4 is 11.1 Å². The number of nitrogens with one attached hydrogen (secondary N) is 2. The summed E-state index contributed by atoms with van der Waals surface area (Å²) in [7, 11) is -4.67. The minimum Gasteiger partial charge on any atom is -0.370 e. The molecule has 0 amide bonds. The summed E-state index contributed by atoms with van der Waals surface area (Å²) in [6.07, 6.45) is 4.81. The Labute approximate surface area is 70.0 Å². The lowest BCUT2D eigenvalue weighted by Crippen LogP contribution is -2.30. The summed E-state index contributed by atoms with van der Waals surface area (Å²) in [6, 6.07) is 0. The zero-order chi connectivity index (χ0) is 10.2. The van der Waals surface area contributed by atoms with Crippen LogP contribution in [0.15, 0.2) is 0 Å². The summed E-state index contributed by atoms with van der Waals surface area (Å²) in [6.45, 7) is 0.329. The first-order valence-corrected chi connectivity index (χ1v) is 3.88. The fourth-order valence-corrected chi connectivity index (χ4v) is 0.146. The summed E-state index contributed by atoms with van der Waals surface area (Å²) in [5, 5.41) is 8.99. The lowest BCUT2D eigenvalue weighted by molar-refractivity contribution is 0.381. The van der Waals surface area contributed by atoms with E-state index in [-0.39, 0.29) is 5.96 Å². The van der Waals surface area contributed by atoms with Crippen LogP contribution in [-0.4, -0.2) is 30.0 Å². The van der Waals surface area contributed by atoms with Crippen LogP contribution in [0.5, 0.6) is 0 Å². The van der Waals surface area contributed by atoms with E-state index in [1.165, 1.54) is 0 Å². The number of hydrogen-bond acceptors (Lipinski definition) is 3. The van der Waals surface area contributed by atoms with Gasteiger partial charge in [-0.15, -0.1) is 6.42 Å². The van der Waals surface area contributed by atoms with E-state index in [4.69, 9.17) is 35.1 Å². The molecule has 0 radical (unpaired) electrons. The molecule has 0 rings (SSSR count). The number of nitrogens with two attached hydrogens (primary N) is 1. The minimum absolute atomic E-state index is 0.0852. The molecule has 0 heterocycles. The third-order valence-corrected chi connectivity index (χ3v) is 0.381. The Morgan fingerprint density at radius 2 is 2.00 bits per heavy atom. The highest BCUT2D eigenvalue weighted by Crippen LogP contribution is 1.59. The topological polar surface area (TPSA) is 136 Å². The molecule has 0 aliphatic heterocycles. The van der Waals surface area contributed by atoms with Crippen molar-refractivity contribution in [2.24, 2.45) is 5.73 Å². The van der Waals surface area contributed by atoms with Crippen molar-refractivity contribution in [3.05, 3.63) is 0 Å². The van der Waals surface area contributed by atoms with Gasteiger partial charge in [-0.3, -0.25) is 14.5 Å². The summed E-state index contributed by atoms with van der Waals surface area (Å²) < 4.78 is 31.6. The second-order valence-electron chi connectivity index (χ2n) is 1.42. The van der Waals surface area contributed by atoms with E-state index in [1.54, 1.807) is 0 Å². The number of rotatable bonds is 1. The van der Waals surface area contributed by atoms with Crippen LogP contribution in [-0.2, 0) is 10.4 Å². The van der Waals surface area contributed by atoms with E-state index < -0.39 is 10.4 Å². The maximum absolute atomic E-state index is 8.74. The van der Waals surface area contributed by atoms with E-state index in [0.29, 0.717) is 6.54 Å². The van der Waals surface area contributed by atoms with Crippen molar-refractivity contribution in [3.63, 3.8) is 0 Å². The van der Waals surface area contributed by atoms with Gasteiger partial charge in [0.2, 0.25) is 0 Å². The summed E-state index contributed by atoms with van der Waals surface area (Å²) in [4.78, 5) is 0. The Bertz CT molecular complexity index is 257. The highest BCUT2D eigenvalue weighted by molar-refractivity contribution is 7.79. The van der Waals surface area contributed by atoms with Gasteiger partial charge in [-0.05, 0) is 0 Å². The molecule has 8 heteroatoms. The van der Waals surface area contributed by atoms with Crippen molar-refractivity contribution < 1.29 is 17.5 Å². The van der Waals surface area contributed by atoms with Crippen LogP contribution in [0.3, 0.4) is 0 Å². The van der Waals surface area contributed by atoms with Crippen molar-refractivity contribution in [2.45, 2.75) is 0 Å². The standard InChI is InChI=1S/C4H7N3.H2O4S/c1-2-3-7-4(5)6;1-5(2,3)4/h1H,3H2,(H4,5,6,7);(H2,1,2,3,4). The number of guanidine groups is 1. The summed E-state index contributed by atoms with van der Waals surface area (Å²) in [5.74, 6) is 2.18. The molecule has 0 aliphatic rings. The highest BCUT2D eigenvalue weighted by Gasteiger charge is 1.84. The summed E-state index contributed by atoms with van der Waals surface area (Å²) >= 11 is 0. The van der Waals surface area contributed by atoms with Crippen LogP contribution >= 0.6 is 0 Å². The average molecular weight is 195 g/mol. The van der Waals surface area contributed by atoms with Gasteiger partial charge in [-0.1, -0.05) is 5.92 Å². The van der Waals surface area contributed by atoms with E-state index in [2.05, 4.69) is 11.2 Å². The molecule has 70 valence electrons. The van der Waals surface area contributed by atoms with Crippen molar-refractivity contribution in [1.29, 1.82) is 5.41 Å². The molecule has 0 bridgehead atoms. The monoisotopic (exact) mass is 195 g/mol. The zero-order valence-corrected chi connectivity index (χ0v) is 6.80. The average Bonchev–Trinajstić information content (AvgIpc) is 1.79. The van der Waals surface area contributed by atoms with Crippen LogP contribution in [0.4, 0.5) is 0 Å². The van der Waals surface area contributed by atoms with Gasteiger partial charge in [0.15, 0.2) is 5.96 Å². The Balaban J connectivity index is 0. The molecule has 0 atom stereocenters. The molecule has 12 heavy (non-hydrogen) atoms. The lowest BCUT2D eigenvalue weighted by atomic mass is 10.7. The molecule has 6 N–H and O–H groups in total. The van der Waals surface area contributed by atoms with E-state index in [1.807, 2.05) is 0 Å². The molecule has 0 saturated heterocycles. The molecule has 0 aromatic heterocycles. The van der Waals surface area contributed by atoms with Crippen molar-refractivity contribution in [3.8, 4) is 12.3 Å². The van der Waals surface area contributed by atoms with Crippen molar-refractivity contribution in [1.82, 2.24) is 5.32 Å². The molecule has 0 aliphatic carbocycles. The van der Waals surface area contributed by atoms with Gasteiger partial charge in [-0.2, -0.15) is 8.42 Å². The fourth-order valence-electron chi connectivity index (χ4n) is 0.146.